The predicted octanol–water partition coefficient (Wildman–Crippen LogP) is 2.25. The number of hydrogen-bond donors (Lipinski definition) is 0. The van der Waals surface area contributed by atoms with Crippen molar-refractivity contribution in [1.82, 2.24) is 0 Å². The van der Waals surface area contributed by atoms with Crippen LogP contribution in [0.25, 0.3) is 0 Å². The summed E-state index contributed by atoms with van der Waals surface area (Å²) in [6.07, 6.45) is 0. The van der Waals surface area contributed by atoms with E-state index in [2.05, 4.69) is 69.3 Å². The molecule has 0 saturated carbocycles. The molecule has 2 aliphatic heterocycles. The van der Waals surface area contributed by atoms with Gasteiger partial charge in [0.25, 0.3) is 0 Å². The Bertz CT molecular complexity index is 832. The Kier molecular flexibility index (Phi) is 4.76. The molecule has 0 amide bonds. The minimum absolute atomic E-state index is 0.257. The fourth-order valence-corrected chi connectivity index (χ4v) is 4.92. The molecule has 138 valence electrons. The zero-order valence-corrected chi connectivity index (χ0v) is 15.7. The number of rotatable bonds is 3. The summed E-state index contributed by atoms with van der Waals surface area (Å²) in [5.41, 5.74) is 3.64. The summed E-state index contributed by atoms with van der Waals surface area (Å²) >= 11 is 0. The zero-order valence-electron chi connectivity index (χ0n) is 14.9. The van der Waals surface area contributed by atoms with Crippen LogP contribution >= 0.6 is 0 Å². The van der Waals surface area contributed by atoms with Crippen molar-refractivity contribution >= 4 is 26.9 Å². The first-order valence-electron chi connectivity index (χ1n) is 9.21. The lowest BCUT2D eigenvalue weighted by Gasteiger charge is -2.38. The fourth-order valence-electron chi connectivity index (χ4n) is 3.72. The molecule has 2 aromatic carbocycles. The van der Waals surface area contributed by atoms with Crippen LogP contribution in [-0.4, -0.2) is 59.2 Å². The molecule has 2 aliphatic rings. The van der Waals surface area contributed by atoms with Crippen molar-refractivity contribution < 1.29 is 8.42 Å². The van der Waals surface area contributed by atoms with Gasteiger partial charge in [0.05, 0.1) is 11.5 Å². The van der Waals surface area contributed by atoms with Gasteiger partial charge >= 0.3 is 0 Å². The Hall–Kier alpha value is -2.21. The van der Waals surface area contributed by atoms with Gasteiger partial charge in [0, 0.05) is 56.3 Å². The van der Waals surface area contributed by atoms with E-state index in [0.717, 1.165) is 31.9 Å². The molecule has 0 aromatic heterocycles. The third kappa shape index (κ3) is 3.80. The van der Waals surface area contributed by atoms with Gasteiger partial charge in [-0.3, -0.25) is 0 Å². The smallest absolute Gasteiger partial charge is 0.153 e. The van der Waals surface area contributed by atoms with Crippen molar-refractivity contribution in [2.75, 3.05) is 65.5 Å². The summed E-state index contributed by atoms with van der Waals surface area (Å²) < 4.78 is 23.3. The molecule has 0 unspecified atom stereocenters. The minimum Gasteiger partial charge on any atom is -0.369 e. The quantitative estimate of drug-likeness (QED) is 0.828. The summed E-state index contributed by atoms with van der Waals surface area (Å²) in [6.45, 7) is 5.19. The topological polar surface area (TPSA) is 43.9 Å². The lowest BCUT2D eigenvalue weighted by Crippen LogP contribution is -2.46. The highest BCUT2D eigenvalue weighted by molar-refractivity contribution is 7.91. The van der Waals surface area contributed by atoms with Crippen molar-refractivity contribution in [1.29, 1.82) is 0 Å². The molecule has 0 atom stereocenters. The number of piperazine rings is 1. The second-order valence-corrected chi connectivity index (χ2v) is 9.27. The van der Waals surface area contributed by atoms with E-state index in [-0.39, 0.29) is 11.5 Å². The van der Waals surface area contributed by atoms with Crippen LogP contribution in [0.5, 0.6) is 0 Å². The molecule has 0 spiro atoms. The molecule has 0 N–H and O–H groups in total. The lowest BCUT2D eigenvalue weighted by molar-refractivity contribution is 0.587. The van der Waals surface area contributed by atoms with E-state index in [9.17, 15) is 8.42 Å². The highest BCUT2D eigenvalue weighted by Crippen LogP contribution is 2.26. The molecular weight excluding hydrogens is 346 g/mol. The maximum atomic E-state index is 11.6. The highest BCUT2D eigenvalue weighted by atomic mass is 32.2. The maximum Gasteiger partial charge on any atom is 0.153 e. The first-order chi connectivity index (χ1) is 12.6. The van der Waals surface area contributed by atoms with Crippen molar-refractivity contribution in [2.45, 2.75) is 0 Å². The molecule has 2 fully saturated rings. The third-order valence-corrected chi connectivity index (χ3v) is 6.91. The molecule has 2 heterocycles. The van der Waals surface area contributed by atoms with Gasteiger partial charge in [-0.1, -0.05) is 24.3 Å². The van der Waals surface area contributed by atoms with E-state index in [1.807, 2.05) is 0 Å². The number of hydrogen-bond acceptors (Lipinski definition) is 5. The second-order valence-electron chi connectivity index (χ2n) is 6.97. The van der Waals surface area contributed by atoms with Crippen molar-refractivity contribution in [3.63, 3.8) is 0 Å². The molecule has 4 rings (SSSR count). The fraction of sp³-hybridized carbons (Fsp3) is 0.400. The molecule has 26 heavy (non-hydrogen) atoms. The van der Waals surface area contributed by atoms with Crippen molar-refractivity contribution in [3.8, 4) is 0 Å². The van der Waals surface area contributed by atoms with Gasteiger partial charge in [-0.05, 0) is 30.3 Å². The minimum atomic E-state index is -2.84. The molecule has 2 aromatic rings. The first-order valence-corrected chi connectivity index (χ1v) is 11.0. The maximum absolute atomic E-state index is 11.6. The van der Waals surface area contributed by atoms with Crippen molar-refractivity contribution in [2.24, 2.45) is 0 Å². The van der Waals surface area contributed by atoms with Gasteiger partial charge in [0.1, 0.15) is 0 Å². The first kappa shape index (κ1) is 17.2. The van der Waals surface area contributed by atoms with Crippen LogP contribution in [0.2, 0.25) is 0 Å². The number of para-hydroxylation sites is 1. The van der Waals surface area contributed by atoms with Gasteiger partial charge in [0.2, 0.25) is 0 Å². The normalized spacial score (nSPS) is 20.2. The number of anilines is 3. The predicted molar refractivity (Wildman–Crippen MR) is 108 cm³/mol. The van der Waals surface area contributed by atoms with E-state index in [1.54, 1.807) is 0 Å². The van der Waals surface area contributed by atoms with Crippen LogP contribution in [0, 0.1) is 0 Å². The average Bonchev–Trinajstić information content (AvgIpc) is 2.69. The Morgan fingerprint density at radius 3 is 1.62 bits per heavy atom. The molecule has 0 aliphatic carbocycles. The van der Waals surface area contributed by atoms with Crippen LogP contribution in [-0.2, 0) is 9.84 Å². The Balaban J connectivity index is 1.41. The van der Waals surface area contributed by atoms with E-state index in [0.29, 0.717) is 13.1 Å². The number of sulfone groups is 1. The standard InChI is InChI=1S/C20H25N3O2S/c24-26(25)15-13-23(14-16-26)20-8-4-7-19(17-20)22-11-9-21(10-12-22)18-5-2-1-3-6-18/h1-8,17H,9-16H2. The van der Waals surface area contributed by atoms with E-state index >= 15 is 0 Å². The van der Waals surface area contributed by atoms with Gasteiger partial charge in [-0.25, -0.2) is 8.42 Å². The molecule has 0 radical (unpaired) electrons. The summed E-state index contributed by atoms with van der Waals surface area (Å²) in [5, 5.41) is 0. The summed E-state index contributed by atoms with van der Waals surface area (Å²) in [4.78, 5) is 7.03. The molecule has 0 bridgehead atoms. The Morgan fingerprint density at radius 1 is 0.577 bits per heavy atom. The van der Waals surface area contributed by atoms with E-state index < -0.39 is 9.84 Å². The van der Waals surface area contributed by atoms with Gasteiger partial charge in [-0.2, -0.15) is 0 Å². The molecule has 5 nitrogen and oxygen atoms in total. The van der Waals surface area contributed by atoms with Crippen LogP contribution in [0.1, 0.15) is 0 Å². The van der Waals surface area contributed by atoms with Crippen LogP contribution < -0.4 is 14.7 Å². The van der Waals surface area contributed by atoms with Gasteiger partial charge < -0.3 is 14.7 Å². The second kappa shape index (κ2) is 7.19. The van der Waals surface area contributed by atoms with Crippen LogP contribution in [0.4, 0.5) is 17.1 Å². The Labute approximate surface area is 155 Å². The lowest BCUT2D eigenvalue weighted by atomic mass is 10.2. The summed E-state index contributed by atoms with van der Waals surface area (Å²) in [5.74, 6) is 0.514. The SMILES string of the molecule is O=S1(=O)CCN(c2cccc(N3CCN(c4ccccc4)CC3)c2)CC1. The summed E-state index contributed by atoms with van der Waals surface area (Å²) in [7, 11) is -2.84. The monoisotopic (exact) mass is 371 g/mol. The highest BCUT2D eigenvalue weighted by Gasteiger charge is 2.23. The number of benzene rings is 2. The number of nitrogens with zero attached hydrogens (tertiary/aromatic N) is 3. The average molecular weight is 372 g/mol. The van der Waals surface area contributed by atoms with Crippen LogP contribution in [0.3, 0.4) is 0 Å². The molecule has 2 saturated heterocycles. The zero-order chi connectivity index (χ0) is 18.0. The van der Waals surface area contributed by atoms with Crippen molar-refractivity contribution in [3.05, 3.63) is 54.6 Å². The largest absolute Gasteiger partial charge is 0.369 e. The van der Waals surface area contributed by atoms with E-state index in [4.69, 9.17) is 0 Å². The van der Waals surface area contributed by atoms with E-state index in [1.165, 1.54) is 11.4 Å². The summed E-state index contributed by atoms with van der Waals surface area (Å²) in [6, 6.07) is 19.1. The Morgan fingerprint density at radius 2 is 1.04 bits per heavy atom. The molecular formula is C20H25N3O2S. The van der Waals surface area contributed by atoms with Gasteiger partial charge in [-0.15, -0.1) is 0 Å². The third-order valence-electron chi connectivity index (χ3n) is 5.31. The van der Waals surface area contributed by atoms with Crippen LogP contribution in [0.15, 0.2) is 54.6 Å². The van der Waals surface area contributed by atoms with Gasteiger partial charge in [0.15, 0.2) is 9.84 Å². The molecule has 6 heteroatoms.